The predicted molar refractivity (Wildman–Crippen MR) is 75.9 cm³/mol. The highest BCUT2D eigenvalue weighted by Crippen LogP contribution is 2.28. The highest BCUT2D eigenvalue weighted by atomic mass is 16.5. The van der Waals surface area contributed by atoms with E-state index in [4.69, 9.17) is 10.5 Å². The van der Waals surface area contributed by atoms with Crippen LogP contribution in [0, 0.1) is 0 Å². The Kier molecular flexibility index (Phi) is 4.65. The van der Waals surface area contributed by atoms with Crippen molar-refractivity contribution in [1.29, 1.82) is 0 Å². The first-order valence-corrected chi connectivity index (χ1v) is 7.22. The van der Waals surface area contributed by atoms with Crippen molar-refractivity contribution in [1.82, 2.24) is 0 Å². The second kappa shape index (κ2) is 6.24. The molecular formula is C16H25NO. The Morgan fingerprint density at radius 2 is 1.78 bits per heavy atom. The first-order valence-electron chi connectivity index (χ1n) is 7.22. The van der Waals surface area contributed by atoms with Crippen LogP contribution in [0.1, 0.15) is 51.0 Å². The third kappa shape index (κ3) is 3.74. The number of ether oxygens (including phenoxy) is 1. The molecule has 0 aromatic heterocycles. The SMILES string of the molecule is CCc1ccc(OCCC2(N)CCCCC2)cc1. The van der Waals surface area contributed by atoms with E-state index >= 15 is 0 Å². The van der Waals surface area contributed by atoms with Crippen LogP contribution in [0.4, 0.5) is 0 Å². The Balaban J connectivity index is 1.77. The largest absolute Gasteiger partial charge is 0.494 e. The van der Waals surface area contributed by atoms with E-state index < -0.39 is 0 Å². The van der Waals surface area contributed by atoms with Gasteiger partial charge in [0.05, 0.1) is 6.61 Å². The van der Waals surface area contributed by atoms with Crippen LogP contribution in [0.2, 0.25) is 0 Å². The van der Waals surface area contributed by atoms with Crippen molar-refractivity contribution in [3.8, 4) is 5.75 Å². The molecule has 1 aliphatic carbocycles. The maximum Gasteiger partial charge on any atom is 0.119 e. The standard InChI is InChI=1S/C16H25NO/c1-2-14-6-8-15(9-7-14)18-13-12-16(17)10-4-3-5-11-16/h6-9H,2-5,10-13,17H2,1H3. The minimum atomic E-state index is 0.0294. The molecule has 2 nitrogen and oxygen atoms in total. The molecule has 0 amide bonds. The molecule has 2 heteroatoms. The van der Waals surface area contributed by atoms with Crippen LogP contribution >= 0.6 is 0 Å². The van der Waals surface area contributed by atoms with Crippen molar-refractivity contribution < 1.29 is 4.74 Å². The van der Waals surface area contributed by atoms with Gasteiger partial charge in [-0.3, -0.25) is 0 Å². The van der Waals surface area contributed by atoms with Gasteiger partial charge in [0.1, 0.15) is 5.75 Å². The molecule has 2 rings (SSSR count). The first-order chi connectivity index (χ1) is 8.72. The minimum Gasteiger partial charge on any atom is -0.494 e. The van der Waals surface area contributed by atoms with E-state index in [1.807, 2.05) is 0 Å². The molecule has 2 N–H and O–H groups in total. The summed E-state index contributed by atoms with van der Waals surface area (Å²) in [6.07, 6.45) is 8.27. The Bertz CT molecular complexity index is 352. The zero-order chi connectivity index (χ0) is 12.8. The number of nitrogens with two attached hydrogens (primary N) is 1. The molecule has 0 atom stereocenters. The van der Waals surface area contributed by atoms with Gasteiger partial charge in [0.2, 0.25) is 0 Å². The smallest absolute Gasteiger partial charge is 0.119 e. The monoisotopic (exact) mass is 247 g/mol. The van der Waals surface area contributed by atoms with E-state index in [2.05, 4.69) is 31.2 Å². The second-order valence-electron chi connectivity index (χ2n) is 5.52. The maximum atomic E-state index is 6.39. The number of benzene rings is 1. The molecule has 18 heavy (non-hydrogen) atoms. The molecule has 1 fully saturated rings. The van der Waals surface area contributed by atoms with Gasteiger partial charge in [-0.1, -0.05) is 38.3 Å². The lowest BCUT2D eigenvalue weighted by molar-refractivity contribution is 0.214. The first kappa shape index (κ1) is 13.4. The molecule has 1 saturated carbocycles. The Labute approximate surface area is 111 Å². The highest BCUT2D eigenvalue weighted by molar-refractivity contribution is 5.27. The zero-order valence-corrected chi connectivity index (χ0v) is 11.5. The van der Waals surface area contributed by atoms with Crippen LogP contribution in [-0.4, -0.2) is 12.1 Å². The van der Waals surface area contributed by atoms with Crippen molar-refractivity contribution in [2.24, 2.45) is 5.73 Å². The highest BCUT2D eigenvalue weighted by Gasteiger charge is 2.26. The summed E-state index contributed by atoms with van der Waals surface area (Å²) in [5.41, 5.74) is 7.77. The molecule has 0 saturated heterocycles. The van der Waals surface area contributed by atoms with Gasteiger partial charge < -0.3 is 10.5 Å². The molecule has 0 unspecified atom stereocenters. The van der Waals surface area contributed by atoms with E-state index in [0.717, 1.165) is 38.0 Å². The fourth-order valence-electron chi connectivity index (χ4n) is 2.70. The van der Waals surface area contributed by atoms with E-state index in [-0.39, 0.29) is 5.54 Å². The van der Waals surface area contributed by atoms with Gasteiger partial charge in [-0.05, 0) is 43.4 Å². The molecule has 0 aliphatic heterocycles. The second-order valence-corrected chi connectivity index (χ2v) is 5.52. The fraction of sp³-hybridized carbons (Fsp3) is 0.625. The molecule has 0 heterocycles. The van der Waals surface area contributed by atoms with Crippen molar-refractivity contribution in [2.45, 2.75) is 57.4 Å². The van der Waals surface area contributed by atoms with Gasteiger partial charge in [0.15, 0.2) is 0 Å². The quantitative estimate of drug-likeness (QED) is 0.861. The van der Waals surface area contributed by atoms with Gasteiger partial charge in [-0.25, -0.2) is 0 Å². The average Bonchev–Trinajstić information content (AvgIpc) is 2.40. The Hall–Kier alpha value is -1.02. The van der Waals surface area contributed by atoms with E-state index in [1.165, 1.54) is 24.8 Å². The third-order valence-corrected chi connectivity index (χ3v) is 4.05. The Morgan fingerprint density at radius 3 is 2.39 bits per heavy atom. The van der Waals surface area contributed by atoms with Crippen molar-refractivity contribution >= 4 is 0 Å². The molecular weight excluding hydrogens is 222 g/mol. The fourth-order valence-corrected chi connectivity index (χ4v) is 2.70. The topological polar surface area (TPSA) is 35.2 Å². The van der Waals surface area contributed by atoms with Crippen LogP contribution in [0.25, 0.3) is 0 Å². The molecule has 1 aromatic carbocycles. The summed E-state index contributed by atoms with van der Waals surface area (Å²) in [7, 11) is 0. The van der Waals surface area contributed by atoms with Crippen molar-refractivity contribution in [2.75, 3.05) is 6.61 Å². The number of aryl methyl sites for hydroxylation is 1. The van der Waals surface area contributed by atoms with E-state index in [9.17, 15) is 0 Å². The third-order valence-electron chi connectivity index (χ3n) is 4.05. The predicted octanol–water partition coefficient (Wildman–Crippen LogP) is 3.68. The van der Waals surface area contributed by atoms with E-state index in [1.54, 1.807) is 0 Å². The summed E-state index contributed by atoms with van der Waals surface area (Å²) in [6, 6.07) is 8.38. The summed E-state index contributed by atoms with van der Waals surface area (Å²) in [5, 5.41) is 0. The van der Waals surface area contributed by atoms with Crippen LogP contribution in [-0.2, 0) is 6.42 Å². The van der Waals surface area contributed by atoms with Gasteiger partial charge in [0.25, 0.3) is 0 Å². The normalized spacial score (nSPS) is 18.6. The van der Waals surface area contributed by atoms with Crippen LogP contribution in [0.5, 0.6) is 5.75 Å². The molecule has 0 radical (unpaired) electrons. The molecule has 1 aromatic rings. The van der Waals surface area contributed by atoms with Crippen LogP contribution in [0.15, 0.2) is 24.3 Å². The minimum absolute atomic E-state index is 0.0294. The lowest BCUT2D eigenvalue weighted by Gasteiger charge is -2.33. The molecule has 100 valence electrons. The number of hydrogen-bond acceptors (Lipinski definition) is 2. The lowest BCUT2D eigenvalue weighted by Crippen LogP contribution is -2.42. The van der Waals surface area contributed by atoms with Gasteiger partial charge in [-0.15, -0.1) is 0 Å². The molecule has 1 aliphatic rings. The van der Waals surface area contributed by atoms with Crippen molar-refractivity contribution in [3.63, 3.8) is 0 Å². The van der Waals surface area contributed by atoms with Crippen LogP contribution < -0.4 is 10.5 Å². The lowest BCUT2D eigenvalue weighted by atomic mass is 9.80. The van der Waals surface area contributed by atoms with Gasteiger partial charge in [-0.2, -0.15) is 0 Å². The van der Waals surface area contributed by atoms with Gasteiger partial charge >= 0.3 is 0 Å². The Morgan fingerprint density at radius 1 is 1.11 bits per heavy atom. The van der Waals surface area contributed by atoms with Crippen LogP contribution in [0.3, 0.4) is 0 Å². The van der Waals surface area contributed by atoms with Crippen molar-refractivity contribution in [3.05, 3.63) is 29.8 Å². The maximum absolute atomic E-state index is 6.39. The number of hydrogen-bond donors (Lipinski definition) is 1. The van der Waals surface area contributed by atoms with Gasteiger partial charge in [0, 0.05) is 5.54 Å². The summed E-state index contributed by atoms with van der Waals surface area (Å²) >= 11 is 0. The number of rotatable bonds is 5. The molecule has 0 spiro atoms. The summed E-state index contributed by atoms with van der Waals surface area (Å²) in [4.78, 5) is 0. The summed E-state index contributed by atoms with van der Waals surface area (Å²) in [6.45, 7) is 2.90. The summed E-state index contributed by atoms with van der Waals surface area (Å²) in [5.74, 6) is 0.964. The zero-order valence-electron chi connectivity index (χ0n) is 11.5. The average molecular weight is 247 g/mol. The van der Waals surface area contributed by atoms with E-state index in [0.29, 0.717) is 0 Å². The summed E-state index contributed by atoms with van der Waals surface area (Å²) < 4.78 is 5.79. The molecule has 0 bridgehead atoms.